The van der Waals surface area contributed by atoms with Crippen molar-refractivity contribution in [2.45, 2.75) is 11.8 Å². The minimum absolute atomic E-state index is 0.0988. The first kappa shape index (κ1) is 25.6. The van der Waals surface area contributed by atoms with Crippen molar-refractivity contribution in [3.8, 4) is 11.5 Å². The maximum absolute atomic E-state index is 13.0. The number of likely N-dealkylation sites (N-methyl/N-ethyl adjacent to an activating group) is 1. The van der Waals surface area contributed by atoms with E-state index in [-0.39, 0.29) is 28.7 Å². The molecule has 0 aromatic heterocycles. The number of anilines is 2. The third-order valence-electron chi connectivity index (χ3n) is 4.99. The molecule has 0 aliphatic carbocycles. The number of amides is 2. The molecule has 0 saturated heterocycles. The Kier molecular flexibility index (Phi) is 7.98. The molecule has 0 unspecified atom stereocenters. The summed E-state index contributed by atoms with van der Waals surface area (Å²) in [6.45, 7) is 1.80. The van der Waals surface area contributed by atoms with Gasteiger partial charge in [-0.1, -0.05) is 17.7 Å². The van der Waals surface area contributed by atoms with Gasteiger partial charge >= 0.3 is 0 Å². The van der Waals surface area contributed by atoms with Gasteiger partial charge in [0.1, 0.15) is 16.4 Å². The van der Waals surface area contributed by atoms with Crippen molar-refractivity contribution < 1.29 is 27.5 Å². The molecule has 184 valence electrons. The molecule has 0 saturated carbocycles. The number of methoxy groups -OCH3 is 1. The third kappa shape index (κ3) is 6.73. The number of ether oxygens (including phenoxy) is 2. The monoisotopic (exact) mass is 497 g/mol. The summed E-state index contributed by atoms with van der Waals surface area (Å²) in [5.41, 5.74) is 1.99. The van der Waals surface area contributed by atoms with E-state index in [1.807, 2.05) is 6.92 Å². The molecule has 2 amide bonds. The van der Waals surface area contributed by atoms with Gasteiger partial charge < -0.3 is 19.7 Å². The van der Waals surface area contributed by atoms with Gasteiger partial charge in [0.15, 0.2) is 6.61 Å². The topological polar surface area (TPSA) is 114 Å². The van der Waals surface area contributed by atoms with Crippen LogP contribution < -0.4 is 19.5 Å². The van der Waals surface area contributed by atoms with Crippen molar-refractivity contribution in [1.82, 2.24) is 4.90 Å². The summed E-state index contributed by atoms with van der Waals surface area (Å²) in [4.78, 5) is 25.7. The van der Waals surface area contributed by atoms with E-state index in [0.717, 1.165) is 5.56 Å². The number of aryl methyl sites for hydroxylation is 1. The summed E-state index contributed by atoms with van der Waals surface area (Å²) in [6.07, 6.45) is 0. The lowest BCUT2D eigenvalue weighted by Crippen LogP contribution is -2.27. The van der Waals surface area contributed by atoms with Crippen LogP contribution in [0.15, 0.2) is 71.6 Å². The molecule has 0 atom stereocenters. The first-order valence-corrected chi connectivity index (χ1v) is 12.1. The second-order valence-corrected chi connectivity index (χ2v) is 9.54. The highest BCUT2D eigenvalue weighted by Crippen LogP contribution is 2.28. The molecule has 0 fully saturated rings. The Balaban J connectivity index is 1.75. The maximum Gasteiger partial charge on any atom is 0.265 e. The summed E-state index contributed by atoms with van der Waals surface area (Å²) >= 11 is 0. The van der Waals surface area contributed by atoms with Crippen LogP contribution in [0, 0.1) is 6.92 Å². The lowest BCUT2D eigenvalue weighted by molar-refractivity contribution is -0.130. The van der Waals surface area contributed by atoms with Crippen LogP contribution in [-0.2, 0) is 14.8 Å². The zero-order chi connectivity index (χ0) is 25.6. The Labute approximate surface area is 204 Å². The quantitative estimate of drug-likeness (QED) is 0.468. The van der Waals surface area contributed by atoms with Gasteiger partial charge in [-0.2, -0.15) is 0 Å². The molecule has 0 radical (unpaired) electrons. The van der Waals surface area contributed by atoms with Crippen LogP contribution in [-0.4, -0.2) is 52.9 Å². The van der Waals surface area contributed by atoms with E-state index >= 15 is 0 Å². The fourth-order valence-electron chi connectivity index (χ4n) is 2.97. The number of sulfonamides is 1. The van der Waals surface area contributed by atoms with Crippen LogP contribution in [0.25, 0.3) is 0 Å². The molecular weight excluding hydrogens is 470 g/mol. The van der Waals surface area contributed by atoms with Gasteiger partial charge in [0.25, 0.3) is 21.8 Å². The van der Waals surface area contributed by atoms with Crippen LogP contribution in [0.3, 0.4) is 0 Å². The highest BCUT2D eigenvalue weighted by atomic mass is 32.2. The van der Waals surface area contributed by atoms with E-state index in [0.29, 0.717) is 17.1 Å². The van der Waals surface area contributed by atoms with Gasteiger partial charge in [-0.15, -0.1) is 0 Å². The molecule has 35 heavy (non-hydrogen) atoms. The number of hydrogen-bond donors (Lipinski definition) is 2. The summed E-state index contributed by atoms with van der Waals surface area (Å²) in [6, 6.07) is 17.5. The normalized spacial score (nSPS) is 10.9. The van der Waals surface area contributed by atoms with E-state index < -0.39 is 15.9 Å². The third-order valence-corrected chi connectivity index (χ3v) is 6.39. The number of nitrogens with zero attached hydrogens (tertiary/aromatic N) is 1. The van der Waals surface area contributed by atoms with E-state index in [1.165, 1.54) is 30.2 Å². The van der Waals surface area contributed by atoms with E-state index in [1.54, 1.807) is 62.6 Å². The molecule has 3 rings (SSSR count). The van der Waals surface area contributed by atoms with E-state index in [2.05, 4.69) is 10.0 Å². The lowest BCUT2D eigenvalue weighted by Gasteiger charge is -2.14. The molecule has 0 bridgehead atoms. The van der Waals surface area contributed by atoms with Crippen molar-refractivity contribution in [2.75, 3.05) is 37.9 Å². The summed E-state index contributed by atoms with van der Waals surface area (Å²) < 4.78 is 39.2. The van der Waals surface area contributed by atoms with Crippen molar-refractivity contribution >= 4 is 33.2 Å². The van der Waals surface area contributed by atoms with Gasteiger partial charge in [0, 0.05) is 31.0 Å². The number of benzene rings is 3. The first-order chi connectivity index (χ1) is 16.6. The molecule has 0 spiro atoms. The molecule has 0 heterocycles. The SMILES string of the molecule is COc1ccc(C(=O)Nc2ccc(OCC(=O)N(C)C)cc2)cc1S(=O)(=O)Nc1ccc(C)cc1. The van der Waals surface area contributed by atoms with Gasteiger partial charge in [-0.05, 0) is 61.5 Å². The molecule has 10 heteroatoms. The minimum atomic E-state index is -4.03. The van der Waals surface area contributed by atoms with Crippen molar-refractivity contribution in [3.05, 3.63) is 77.9 Å². The summed E-state index contributed by atoms with van der Waals surface area (Å²) in [7, 11) is 0.607. The van der Waals surface area contributed by atoms with Crippen molar-refractivity contribution in [2.24, 2.45) is 0 Å². The van der Waals surface area contributed by atoms with E-state index in [9.17, 15) is 18.0 Å². The molecule has 0 aliphatic rings. The second kappa shape index (κ2) is 10.9. The highest BCUT2D eigenvalue weighted by molar-refractivity contribution is 7.92. The van der Waals surface area contributed by atoms with E-state index in [4.69, 9.17) is 9.47 Å². The Hall–Kier alpha value is -4.05. The van der Waals surface area contributed by atoms with Gasteiger partial charge in [0.05, 0.1) is 7.11 Å². The second-order valence-electron chi connectivity index (χ2n) is 7.89. The molecule has 2 N–H and O–H groups in total. The maximum atomic E-state index is 13.0. The molecule has 0 aliphatic heterocycles. The Morgan fingerprint density at radius 1 is 0.914 bits per heavy atom. The first-order valence-electron chi connectivity index (χ1n) is 10.6. The number of nitrogens with one attached hydrogen (secondary N) is 2. The van der Waals surface area contributed by atoms with Crippen LogP contribution in [0.1, 0.15) is 15.9 Å². The van der Waals surface area contributed by atoms with Gasteiger partial charge in [-0.25, -0.2) is 8.42 Å². The predicted molar refractivity (Wildman–Crippen MR) is 134 cm³/mol. The molecule has 3 aromatic rings. The zero-order valence-corrected chi connectivity index (χ0v) is 20.7. The predicted octanol–water partition coefficient (Wildman–Crippen LogP) is 3.52. The fraction of sp³-hybridized carbons (Fsp3) is 0.200. The Morgan fingerprint density at radius 3 is 2.14 bits per heavy atom. The molecular formula is C25H27N3O6S. The van der Waals surface area contributed by atoms with Crippen molar-refractivity contribution in [1.29, 1.82) is 0 Å². The average Bonchev–Trinajstić information content (AvgIpc) is 2.84. The van der Waals surface area contributed by atoms with Crippen LogP contribution in [0.2, 0.25) is 0 Å². The molecule has 3 aromatic carbocycles. The van der Waals surface area contributed by atoms with Crippen LogP contribution in [0.4, 0.5) is 11.4 Å². The van der Waals surface area contributed by atoms with Crippen molar-refractivity contribution in [3.63, 3.8) is 0 Å². The summed E-state index contributed by atoms with van der Waals surface area (Å²) in [5, 5.41) is 2.71. The zero-order valence-electron chi connectivity index (χ0n) is 19.9. The Bertz CT molecular complexity index is 1300. The Morgan fingerprint density at radius 2 is 1.54 bits per heavy atom. The van der Waals surface area contributed by atoms with Gasteiger partial charge in [-0.3, -0.25) is 14.3 Å². The van der Waals surface area contributed by atoms with Crippen LogP contribution >= 0.6 is 0 Å². The largest absolute Gasteiger partial charge is 0.495 e. The smallest absolute Gasteiger partial charge is 0.265 e. The highest BCUT2D eigenvalue weighted by Gasteiger charge is 2.22. The fourth-order valence-corrected chi connectivity index (χ4v) is 4.23. The molecule has 9 nitrogen and oxygen atoms in total. The average molecular weight is 498 g/mol. The number of rotatable bonds is 9. The number of carbonyl (C=O) groups is 2. The number of hydrogen-bond acceptors (Lipinski definition) is 6. The van der Waals surface area contributed by atoms with Gasteiger partial charge in [0.2, 0.25) is 0 Å². The lowest BCUT2D eigenvalue weighted by atomic mass is 10.2. The standard InChI is InChI=1S/C25H27N3O6S/c1-17-5-8-20(9-6-17)27-35(31,32)23-15-18(7-14-22(23)33-4)25(30)26-19-10-12-21(13-11-19)34-16-24(29)28(2)3/h5-15,27H,16H2,1-4H3,(H,26,30). The summed E-state index contributed by atoms with van der Waals surface area (Å²) in [5.74, 6) is -0.103. The number of carbonyl (C=O) groups excluding carboxylic acids is 2. The van der Waals surface area contributed by atoms with Crippen LogP contribution in [0.5, 0.6) is 11.5 Å². The minimum Gasteiger partial charge on any atom is -0.495 e.